The first-order valence-corrected chi connectivity index (χ1v) is 7.71. The highest BCUT2D eigenvalue weighted by atomic mass is 32.1. The monoisotopic (exact) mass is 311 g/mol. The topological polar surface area (TPSA) is 86.7 Å². The molecule has 0 aliphatic rings. The number of aromatic nitrogens is 4. The third-order valence-electron chi connectivity index (χ3n) is 3.42. The number of aromatic amines is 1. The molecule has 3 aromatic heterocycles. The van der Waals surface area contributed by atoms with Gasteiger partial charge in [0.1, 0.15) is 28.9 Å². The van der Waals surface area contributed by atoms with Gasteiger partial charge in [-0.1, -0.05) is 0 Å². The number of nitrogens with one attached hydrogen (secondary N) is 2. The summed E-state index contributed by atoms with van der Waals surface area (Å²) >= 11 is 1.59. The molecule has 22 heavy (non-hydrogen) atoms. The van der Waals surface area contributed by atoms with Gasteiger partial charge < -0.3 is 15.4 Å². The summed E-state index contributed by atoms with van der Waals surface area (Å²) in [5.74, 6) is 1.34. The van der Waals surface area contributed by atoms with Gasteiger partial charge in [-0.05, 0) is 36.6 Å². The average Bonchev–Trinajstić information content (AvgIpc) is 3.13. The van der Waals surface area contributed by atoms with E-state index in [1.165, 1.54) is 0 Å². The second kappa shape index (κ2) is 5.04. The third kappa shape index (κ3) is 2.20. The van der Waals surface area contributed by atoms with Crippen LogP contribution in [-0.2, 0) is 0 Å². The Morgan fingerprint density at radius 1 is 1.27 bits per heavy atom. The normalized spacial score (nSPS) is 12.8. The van der Waals surface area contributed by atoms with Crippen molar-refractivity contribution >= 4 is 44.1 Å². The first-order chi connectivity index (χ1) is 10.7. The molecule has 0 saturated heterocycles. The average molecular weight is 311 g/mol. The van der Waals surface area contributed by atoms with Crippen LogP contribution in [0.5, 0.6) is 0 Å². The zero-order valence-corrected chi connectivity index (χ0v) is 12.6. The lowest BCUT2D eigenvalue weighted by Gasteiger charge is -2.06. The summed E-state index contributed by atoms with van der Waals surface area (Å²) in [6.45, 7) is 1.69. The molecule has 1 atom stereocenters. The molecule has 0 spiro atoms. The molecule has 0 aliphatic carbocycles. The molecule has 0 radical (unpaired) electrons. The smallest absolute Gasteiger partial charge is 0.142 e. The number of anilines is 2. The van der Waals surface area contributed by atoms with Crippen molar-refractivity contribution in [3.63, 3.8) is 0 Å². The molecule has 6 nitrogen and oxygen atoms in total. The lowest BCUT2D eigenvalue weighted by molar-refractivity contribution is 0.190. The Morgan fingerprint density at radius 2 is 2.18 bits per heavy atom. The van der Waals surface area contributed by atoms with E-state index >= 15 is 0 Å². The number of rotatable bonds is 3. The van der Waals surface area contributed by atoms with Crippen LogP contribution in [0.25, 0.3) is 21.3 Å². The zero-order chi connectivity index (χ0) is 15.1. The van der Waals surface area contributed by atoms with E-state index in [1.54, 1.807) is 24.6 Å². The predicted molar refractivity (Wildman–Crippen MR) is 87.4 cm³/mol. The summed E-state index contributed by atoms with van der Waals surface area (Å²) in [7, 11) is 0. The molecule has 4 rings (SSSR count). The fraction of sp³-hybridized carbons (Fsp3) is 0.133. The molecule has 0 bridgehead atoms. The van der Waals surface area contributed by atoms with Crippen LogP contribution in [0.4, 0.5) is 11.5 Å². The molecule has 3 N–H and O–H groups in total. The Kier molecular flexibility index (Phi) is 3.02. The molecule has 4 aromatic rings. The summed E-state index contributed by atoms with van der Waals surface area (Å²) < 4.78 is 0. The van der Waals surface area contributed by atoms with E-state index < -0.39 is 6.10 Å². The van der Waals surface area contributed by atoms with Gasteiger partial charge in [-0.2, -0.15) is 0 Å². The SMILES string of the molecule is CC(O)c1nc2ccc(Nc3ncnc4sccc34)cc2[nH]1. The molecular formula is C15H13N5OS. The highest BCUT2D eigenvalue weighted by Gasteiger charge is 2.09. The van der Waals surface area contributed by atoms with Crippen LogP contribution in [0.15, 0.2) is 36.0 Å². The van der Waals surface area contributed by atoms with E-state index in [-0.39, 0.29) is 0 Å². The second-order valence-electron chi connectivity index (χ2n) is 5.02. The van der Waals surface area contributed by atoms with Gasteiger partial charge in [0.15, 0.2) is 0 Å². The molecule has 7 heteroatoms. The summed E-state index contributed by atoms with van der Waals surface area (Å²) in [4.78, 5) is 17.0. The zero-order valence-electron chi connectivity index (χ0n) is 11.7. The van der Waals surface area contributed by atoms with Crippen molar-refractivity contribution in [1.29, 1.82) is 0 Å². The Labute approximate surface area is 129 Å². The largest absolute Gasteiger partial charge is 0.385 e. The van der Waals surface area contributed by atoms with E-state index in [9.17, 15) is 5.11 Å². The fourth-order valence-corrected chi connectivity index (χ4v) is 3.06. The maximum absolute atomic E-state index is 9.60. The standard InChI is InChI=1S/C15H13N5OS/c1-8(21)13-19-11-3-2-9(6-12(11)20-13)18-14-10-4-5-22-15(10)17-7-16-14/h2-8,21H,1H3,(H,19,20)(H,16,17,18). The highest BCUT2D eigenvalue weighted by molar-refractivity contribution is 7.16. The number of H-pyrrole nitrogens is 1. The quantitative estimate of drug-likeness (QED) is 0.540. The molecule has 0 amide bonds. The van der Waals surface area contributed by atoms with Crippen LogP contribution in [-0.4, -0.2) is 25.0 Å². The first-order valence-electron chi connectivity index (χ1n) is 6.83. The second-order valence-corrected chi connectivity index (χ2v) is 5.91. The fourth-order valence-electron chi connectivity index (χ4n) is 2.33. The number of benzene rings is 1. The number of imidazole rings is 1. The van der Waals surface area contributed by atoms with Crippen LogP contribution in [0, 0.1) is 0 Å². The van der Waals surface area contributed by atoms with Crippen molar-refractivity contribution in [2.24, 2.45) is 0 Å². The summed E-state index contributed by atoms with van der Waals surface area (Å²) in [5.41, 5.74) is 2.60. The van der Waals surface area contributed by atoms with E-state index in [1.807, 2.05) is 29.6 Å². The molecule has 0 aliphatic heterocycles. The van der Waals surface area contributed by atoms with Crippen LogP contribution in [0.2, 0.25) is 0 Å². The third-order valence-corrected chi connectivity index (χ3v) is 4.24. The number of aliphatic hydroxyl groups excluding tert-OH is 1. The van der Waals surface area contributed by atoms with Crippen LogP contribution in [0.3, 0.4) is 0 Å². The first kappa shape index (κ1) is 13.2. The lowest BCUT2D eigenvalue weighted by Crippen LogP contribution is -1.94. The van der Waals surface area contributed by atoms with Crippen LogP contribution < -0.4 is 5.32 Å². The molecular weight excluding hydrogens is 298 g/mol. The Bertz CT molecular complexity index is 959. The van der Waals surface area contributed by atoms with E-state index in [0.717, 1.165) is 32.8 Å². The predicted octanol–water partition coefficient (Wildman–Crippen LogP) is 3.36. The van der Waals surface area contributed by atoms with Gasteiger partial charge in [0.2, 0.25) is 0 Å². The molecule has 110 valence electrons. The van der Waals surface area contributed by atoms with Crippen molar-refractivity contribution < 1.29 is 5.11 Å². The number of aliphatic hydroxyl groups is 1. The van der Waals surface area contributed by atoms with Crippen molar-refractivity contribution in [2.45, 2.75) is 13.0 Å². The van der Waals surface area contributed by atoms with Crippen LogP contribution >= 0.6 is 11.3 Å². The van der Waals surface area contributed by atoms with Crippen molar-refractivity contribution in [2.75, 3.05) is 5.32 Å². The summed E-state index contributed by atoms with van der Waals surface area (Å²) in [6, 6.07) is 7.80. The molecule has 0 saturated carbocycles. The Balaban J connectivity index is 1.73. The van der Waals surface area contributed by atoms with Gasteiger partial charge in [0.25, 0.3) is 0 Å². The summed E-state index contributed by atoms with van der Waals surface area (Å²) in [6.07, 6.45) is 0.942. The van der Waals surface area contributed by atoms with Crippen molar-refractivity contribution in [3.8, 4) is 0 Å². The maximum atomic E-state index is 9.60. The Hall–Kier alpha value is -2.51. The molecule has 0 fully saturated rings. The number of hydrogen-bond donors (Lipinski definition) is 3. The number of fused-ring (bicyclic) bond motifs is 2. The minimum absolute atomic E-state index is 0.564. The maximum Gasteiger partial charge on any atom is 0.142 e. The lowest BCUT2D eigenvalue weighted by atomic mass is 10.2. The van der Waals surface area contributed by atoms with Gasteiger partial charge in [-0.15, -0.1) is 11.3 Å². The van der Waals surface area contributed by atoms with Gasteiger partial charge in [0.05, 0.1) is 16.4 Å². The summed E-state index contributed by atoms with van der Waals surface area (Å²) in [5, 5.41) is 15.9. The van der Waals surface area contributed by atoms with E-state index in [4.69, 9.17) is 0 Å². The van der Waals surface area contributed by atoms with Crippen molar-refractivity contribution in [3.05, 3.63) is 41.8 Å². The molecule has 3 heterocycles. The molecule has 1 unspecified atom stereocenters. The van der Waals surface area contributed by atoms with Gasteiger partial charge in [-0.25, -0.2) is 15.0 Å². The van der Waals surface area contributed by atoms with E-state index in [2.05, 4.69) is 25.3 Å². The minimum atomic E-state index is -0.615. The van der Waals surface area contributed by atoms with Gasteiger partial charge in [-0.3, -0.25) is 0 Å². The van der Waals surface area contributed by atoms with Gasteiger partial charge >= 0.3 is 0 Å². The minimum Gasteiger partial charge on any atom is -0.385 e. The highest BCUT2D eigenvalue weighted by Crippen LogP contribution is 2.27. The van der Waals surface area contributed by atoms with Gasteiger partial charge in [0, 0.05) is 5.69 Å². The number of thiophene rings is 1. The van der Waals surface area contributed by atoms with E-state index in [0.29, 0.717) is 5.82 Å². The number of hydrogen-bond acceptors (Lipinski definition) is 6. The molecule has 1 aromatic carbocycles. The van der Waals surface area contributed by atoms with Crippen LogP contribution in [0.1, 0.15) is 18.9 Å². The Morgan fingerprint density at radius 3 is 3.05 bits per heavy atom. The number of nitrogens with zero attached hydrogens (tertiary/aromatic N) is 3. The van der Waals surface area contributed by atoms with Crippen molar-refractivity contribution in [1.82, 2.24) is 19.9 Å².